The van der Waals surface area contributed by atoms with E-state index in [4.69, 9.17) is 5.73 Å². The van der Waals surface area contributed by atoms with Crippen molar-refractivity contribution in [2.45, 2.75) is 0 Å². The Labute approximate surface area is 96.9 Å². The molecule has 0 atom stereocenters. The number of rotatable bonds is 4. The summed E-state index contributed by atoms with van der Waals surface area (Å²) in [6.45, 7) is 1.23. The van der Waals surface area contributed by atoms with Gasteiger partial charge >= 0.3 is 0 Å². The number of fused-ring (bicyclic) bond motifs is 1. The number of thiophene rings is 1. The van der Waals surface area contributed by atoms with E-state index >= 15 is 0 Å². The van der Waals surface area contributed by atoms with Crippen molar-refractivity contribution in [3.8, 4) is 0 Å². The first-order chi connectivity index (χ1) is 7.76. The SMILES string of the molecule is CN(CCN)c1ncc2scc(C=O)c2n1. The van der Waals surface area contributed by atoms with Crippen LogP contribution in [-0.4, -0.2) is 36.4 Å². The number of aldehydes is 1. The van der Waals surface area contributed by atoms with E-state index in [0.29, 0.717) is 30.1 Å². The maximum atomic E-state index is 10.8. The van der Waals surface area contributed by atoms with Gasteiger partial charge in [0.05, 0.1) is 22.0 Å². The third-order valence-electron chi connectivity index (χ3n) is 2.26. The molecule has 0 spiro atoms. The predicted molar refractivity (Wildman–Crippen MR) is 65.1 cm³/mol. The highest BCUT2D eigenvalue weighted by molar-refractivity contribution is 7.17. The number of nitrogens with two attached hydrogens (primary N) is 1. The fourth-order valence-electron chi connectivity index (χ4n) is 1.40. The van der Waals surface area contributed by atoms with E-state index in [2.05, 4.69) is 9.97 Å². The van der Waals surface area contributed by atoms with Gasteiger partial charge in [-0.1, -0.05) is 0 Å². The minimum Gasteiger partial charge on any atom is -0.343 e. The first-order valence-corrected chi connectivity index (χ1v) is 5.75. The number of likely N-dealkylation sites (N-methyl/N-ethyl adjacent to an activating group) is 1. The Balaban J connectivity index is 2.45. The largest absolute Gasteiger partial charge is 0.343 e. The number of aromatic nitrogens is 2. The van der Waals surface area contributed by atoms with Crippen molar-refractivity contribution < 1.29 is 4.79 Å². The lowest BCUT2D eigenvalue weighted by Crippen LogP contribution is -2.26. The maximum Gasteiger partial charge on any atom is 0.225 e. The van der Waals surface area contributed by atoms with Crippen molar-refractivity contribution in [2.24, 2.45) is 5.73 Å². The fraction of sp³-hybridized carbons (Fsp3) is 0.300. The van der Waals surface area contributed by atoms with Crippen LogP contribution in [-0.2, 0) is 0 Å². The molecule has 0 saturated heterocycles. The highest BCUT2D eigenvalue weighted by atomic mass is 32.1. The van der Waals surface area contributed by atoms with Gasteiger partial charge in [0.1, 0.15) is 0 Å². The van der Waals surface area contributed by atoms with Crippen molar-refractivity contribution in [3.05, 3.63) is 17.1 Å². The molecule has 2 rings (SSSR count). The van der Waals surface area contributed by atoms with Crippen molar-refractivity contribution in [2.75, 3.05) is 25.0 Å². The Morgan fingerprint density at radius 1 is 1.62 bits per heavy atom. The van der Waals surface area contributed by atoms with Crippen LogP contribution in [0.3, 0.4) is 0 Å². The van der Waals surface area contributed by atoms with Crippen LogP contribution >= 0.6 is 11.3 Å². The second kappa shape index (κ2) is 4.54. The molecule has 0 bridgehead atoms. The minimum atomic E-state index is 0.544. The van der Waals surface area contributed by atoms with E-state index < -0.39 is 0 Å². The summed E-state index contributed by atoms with van der Waals surface area (Å²) in [5, 5.41) is 1.79. The lowest BCUT2D eigenvalue weighted by atomic mass is 10.3. The number of anilines is 1. The van der Waals surface area contributed by atoms with Crippen LogP contribution in [0.2, 0.25) is 0 Å². The van der Waals surface area contributed by atoms with Crippen molar-refractivity contribution in [1.82, 2.24) is 9.97 Å². The molecule has 0 fully saturated rings. The molecule has 2 N–H and O–H groups in total. The topological polar surface area (TPSA) is 72.1 Å². The summed E-state index contributed by atoms with van der Waals surface area (Å²) >= 11 is 1.47. The number of hydrogen-bond donors (Lipinski definition) is 1. The van der Waals surface area contributed by atoms with Crippen LogP contribution in [0.15, 0.2) is 11.6 Å². The quantitative estimate of drug-likeness (QED) is 0.798. The number of carbonyl (C=O) groups excluding carboxylic acids is 1. The first kappa shape index (κ1) is 11.0. The molecular formula is C10H12N4OS. The van der Waals surface area contributed by atoms with Gasteiger partial charge in [0.25, 0.3) is 0 Å². The Morgan fingerprint density at radius 2 is 2.44 bits per heavy atom. The Kier molecular flexibility index (Phi) is 3.12. The van der Waals surface area contributed by atoms with E-state index in [1.807, 2.05) is 11.9 Å². The molecule has 2 aromatic rings. The summed E-state index contributed by atoms with van der Waals surface area (Å²) in [6, 6.07) is 0. The summed E-state index contributed by atoms with van der Waals surface area (Å²) in [4.78, 5) is 21.3. The average molecular weight is 236 g/mol. The lowest BCUT2D eigenvalue weighted by Gasteiger charge is -2.15. The van der Waals surface area contributed by atoms with Crippen LogP contribution in [0.25, 0.3) is 10.2 Å². The second-order valence-corrected chi connectivity index (χ2v) is 4.31. The van der Waals surface area contributed by atoms with Gasteiger partial charge in [-0.05, 0) is 0 Å². The van der Waals surface area contributed by atoms with E-state index in [1.54, 1.807) is 11.6 Å². The fourth-order valence-corrected chi connectivity index (χ4v) is 2.21. The first-order valence-electron chi connectivity index (χ1n) is 4.87. The van der Waals surface area contributed by atoms with Gasteiger partial charge in [-0.2, -0.15) is 0 Å². The standard InChI is InChI=1S/C10H12N4OS/c1-14(3-2-11)10-12-4-8-9(13-10)7(5-15)6-16-8/h4-6H,2-3,11H2,1H3. The minimum absolute atomic E-state index is 0.544. The maximum absolute atomic E-state index is 10.8. The zero-order valence-corrected chi connectivity index (χ0v) is 9.70. The van der Waals surface area contributed by atoms with Crippen LogP contribution in [0.4, 0.5) is 5.95 Å². The highest BCUT2D eigenvalue weighted by Crippen LogP contribution is 2.23. The van der Waals surface area contributed by atoms with Crippen LogP contribution in [0.5, 0.6) is 0 Å². The van der Waals surface area contributed by atoms with E-state index in [1.165, 1.54) is 11.3 Å². The second-order valence-electron chi connectivity index (χ2n) is 3.40. The molecule has 6 heteroatoms. The molecule has 0 saturated carbocycles. The summed E-state index contributed by atoms with van der Waals surface area (Å²) < 4.78 is 0.923. The highest BCUT2D eigenvalue weighted by Gasteiger charge is 2.09. The normalized spacial score (nSPS) is 10.6. The number of nitrogens with zero attached hydrogens (tertiary/aromatic N) is 3. The molecule has 0 radical (unpaired) electrons. The van der Waals surface area contributed by atoms with Gasteiger partial charge in [0.2, 0.25) is 5.95 Å². The monoisotopic (exact) mass is 236 g/mol. The molecule has 0 aliphatic rings. The molecule has 5 nitrogen and oxygen atoms in total. The molecule has 0 aromatic carbocycles. The van der Waals surface area contributed by atoms with E-state index in [-0.39, 0.29) is 0 Å². The van der Waals surface area contributed by atoms with Gasteiger partial charge in [0.15, 0.2) is 6.29 Å². The molecule has 0 unspecified atom stereocenters. The van der Waals surface area contributed by atoms with Gasteiger partial charge in [-0.15, -0.1) is 11.3 Å². The zero-order valence-electron chi connectivity index (χ0n) is 8.88. The van der Waals surface area contributed by atoms with Crippen LogP contribution < -0.4 is 10.6 Å². The third kappa shape index (κ3) is 1.89. The lowest BCUT2D eigenvalue weighted by molar-refractivity contribution is 0.112. The third-order valence-corrected chi connectivity index (χ3v) is 3.19. The van der Waals surface area contributed by atoms with Gasteiger partial charge < -0.3 is 10.6 Å². The Hall–Kier alpha value is -1.53. The van der Waals surface area contributed by atoms with Crippen LogP contribution in [0.1, 0.15) is 10.4 Å². The summed E-state index contributed by atoms with van der Waals surface area (Å²) in [5.74, 6) is 0.597. The smallest absolute Gasteiger partial charge is 0.225 e. The molecule has 0 aliphatic heterocycles. The molecule has 2 aromatic heterocycles. The number of carbonyl (C=O) groups is 1. The molecular weight excluding hydrogens is 224 g/mol. The van der Waals surface area contributed by atoms with Gasteiger partial charge in [-0.3, -0.25) is 4.79 Å². The van der Waals surface area contributed by atoms with Crippen LogP contribution in [0, 0.1) is 0 Å². The summed E-state index contributed by atoms with van der Waals surface area (Å²) in [6.07, 6.45) is 2.56. The van der Waals surface area contributed by atoms with Crippen molar-refractivity contribution in [1.29, 1.82) is 0 Å². The molecule has 16 heavy (non-hydrogen) atoms. The van der Waals surface area contributed by atoms with E-state index in [0.717, 1.165) is 11.0 Å². The van der Waals surface area contributed by atoms with Gasteiger partial charge in [-0.25, -0.2) is 9.97 Å². The van der Waals surface area contributed by atoms with E-state index in [9.17, 15) is 4.79 Å². The molecule has 0 aliphatic carbocycles. The van der Waals surface area contributed by atoms with Crippen molar-refractivity contribution in [3.63, 3.8) is 0 Å². The average Bonchev–Trinajstić information content (AvgIpc) is 2.71. The zero-order chi connectivity index (χ0) is 11.5. The summed E-state index contributed by atoms with van der Waals surface area (Å²) in [5.41, 5.74) is 6.80. The number of hydrogen-bond acceptors (Lipinski definition) is 6. The van der Waals surface area contributed by atoms with Crippen molar-refractivity contribution >= 4 is 33.8 Å². The Bertz CT molecular complexity index is 510. The Morgan fingerprint density at radius 3 is 3.12 bits per heavy atom. The summed E-state index contributed by atoms with van der Waals surface area (Å²) in [7, 11) is 1.88. The predicted octanol–water partition coefficient (Wildman–Crippen LogP) is 0.899. The molecule has 2 heterocycles. The molecule has 0 amide bonds. The molecule has 84 valence electrons. The van der Waals surface area contributed by atoms with Gasteiger partial charge in [0, 0.05) is 25.5 Å².